The quantitative estimate of drug-likeness (QED) is 0.673. The van der Waals surface area contributed by atoms with E-state index in [0.717, 1.165) is 18.6 Å². The van der Waals surface area contributed by atoms with Crippen molar-refractivity contribution in [2.75, 3.05) is 24.4 Å². The highest BCUT2D eigenvalue weighted by Crippen LogP contribution is 2.44. The lowest BCUT2D eigenvalue weighted by molar-refractivity contribution is 0.101. The van der Waals surface area contributed by atoms with E-state index in [1.165, 1.54) is 31.7 Å². The van der Waals surface area contributed by atoms with Gasteiger partial charge in [0, 0.05) is 49.8 Å². The fraction of sp³-hybridized carbons (Fsp3) is 0.391. The molecule has 0 bridgehead atoms. The molecular weight excluding hydrogens is 415 g/mol. The molecule has 0 saturated carbocycles. The van der Waals surface area contributed by atoms with Gasteiger partial charge >= 0.3 is 10.2 Å². The number of likely N-dealkylation sites (N-methyl/N-ethyl adjacent to an activating group) is 1. The Kier molecular flexibility index (Phi) is 4.84. The number of hydrogen-bond donors (Lipinski definition) is 1. The molecule has 1 aromatic heterocycles. The van der Waals surface area contributed by atoms with Crippen molar-refractivity contribution in [2.45, 2.75) is 37.9 Å². The summed E-state index contributed by atoms with van der Waals surface area (Å²) in [4.78, 5) is 5.75. The lowest BCUT2D eigenvalue weighted by atomic mass is 9.82. The molecule has 8 heteroatoms. The van der Waals surface area contributed by atoms with Crippen LogP contribution in [0.3, 0.4) is 0 Å². The third-order valence-corrected chi connectivity index (χ3v) is 8.80. The number of benzene rings is 2. The minimum atomic E-state index is -3.69. The van der Waals surface area contributed by atoms with Gasteiger partial charge in [0.1, 0.15) is 5.82 Å². The van der Waals surface area contributed by atoms with Gasteiger partial charge in [-0.3, -0.25) is 9.21 Å². The topological polar surface area (TPSA) is 59.7 Å². The van der Waals surface area contributed by atoms with Gasteiger partial charge in [0.2, 0.25) is 0 Å². The highest BCUT2D eigenvalue weighted by molar-refractivity contribution is 7.90. The van der Waals surface area contributed by atoms with E-state index in [1.54, 1.807) is 19.2 Å². The fourth-order valence-corrected chi connectivity index (χ4v) is 7.13. The minimum absolute atomic E-state index is 0.181. The smallest absolute Gasteiger partial charge is 0.304 e. The summed E-state index contributed by atoms with van der Waals surface area (Å²) >= 11 is 0. The van der Waals surface area contributed by atoms with Crippen molar-refractivity contribution < 1.29 is 12.8 Å². The number of anilines is 1. The average molecular weight is 443 g/mol. The molecule has 2 fully saturated rings. The Hall–Kier alpha value is -2.42. The van der Waals surface area contributed by atoms with Gasteiger partial charge in [-0.25, -0.2) is 4.39 Å². The first kappa shape index (κ1) is 20.5. The van der Waals surface area contributed by atoms with Crippen molar-refractivity contribution in [1.29, 1.82) is 0 Å². The van der Waals surface area contributed by atoms with E-state index in [9.17, 15) is 12.8 Å². The third-order valence-electron chi connectivity index (χ3n) is 6.83. The van der Waals surface area contributed by atoms with Gasteiger partial charge < -0.3 is 4.98 Å². The van der Waals surface area contributed by atoms with Gasteiger partial charge in [0.05, 0.1) is 11.2 Å². The Morgan fingerprint density at radius 2 is 2.00 bits per heavy atom. The van der Waals surface area contributed by atoms with Gasteiger partial charge in [0.15, 0.2) is 0 Å². The molecule has 0 radical (unpaired) electrons. The van der Waals surface area contributed by atoms with Crippen LogP contribution in [-0.4, -0.2) is 54.3 Å². The number of halogens is 1. The lowest BCUT2D eigenvalue weighted by Crippen LogP contribution is -2.57. The molecule has 5 rings (SSSR count). The molecule has 1 N–H and O–H groups in total. The van der Waals surface area contributed by atoms with Crippen LogP contribution < -0.4 is 4.31 Å². The minimum Gasteiger partial charge on any atom is -0.361 e. The zero-order valence-corrected chi connectivity index (χ0v) is 18.6. The van der Waals surface area contributed by atoms with E-state index in [-0.39, 0.29) is 6.04 Å². The van der Waals surface area contributed by atoms with Crippen molar-refractivity contribution in [3.63, 3.8) is 0 Å². The normalized spacial score (nSPS) is 26.8. The maximum Gasteiger partial charge on any atom is 0.304 e. The summed E-state index contributed by atoms with van der Waals surface area (Å²) in [6, 6.07) is 14.4. The molecule has 6 nitrogen and oxygen atoms in total. The van der Waals surface area contributed by atoms with Gasteiger partial charge in [-0.05, 0) is 49.6 Å². The molecule has 0 aliphatic carbocycles. The summed E-state index contributed by atoms with van der Waals surface area (Å²) in [5.74, 6) is -0.428. The number of rotatable bonds is 3. The van der Waals surface area contributed by atoms with Gasteiger partial charge in [-0.2, -0.15) is 12.7 Å². The zero-order valence-electron chi connectivity index (χ0n) is 17.8. The fourth-order valence-electron chi connectivity index (χ4n) is 5.35. The van der Waals surface area contributed by atoms with Crippen molar-refractivity contribution in [1.82, 2.24) is 14.2 Å². The van der Waals surface area contributed by atoms with Crippen LogP contribution in [0.1, 0.15) is 25.3 Å². The Labute approximate surface area is 182 Å². The predicted octanol–water partition coefficient (Wildman–Crippen LogP) is 3.73. The van der Waals surface area contributed by atoms with Gasteiger partial charge in [-0.15, -0.1) is 0 Å². The highest BCUT2D eigenvalue weighted by Gasteiger charge is 2.55. The van der Waals surface area contributed by atoms with Gasteiger partial charge in [0.25, 0.3) is 0 Å². The van der Waals surface area contributed by atoms with Crippen LogP contribution in [0, 0.1) is 5.82 Å². The summed E-state index contributed by atoms with van der Waals surface area (Å²) in [7, 11) is -2.08. The van der Waals surface area contributed by atoms with Crippen LogP contribution in [-0.2, 0) is 16.8 Å². The summed E-state index contributed by atoms with van der Waals surface area (Å²) in [6.07, 6.45) is 3.45. The maximum absolute atomic E-state index is 14.0. The molecule has 3 aromatic rings. The van der Waals surface area contributed by atoms with Crippen LogP contribution in [0.4, 0.5) is 10.1 Å². The van der Waals surface area contributed by atoms with Gasteiger partial charge in [-0.1, -0.05) is 24.3 Å². The zero-order chi connectivity index (χ0) is 21.8. The summed E-state index contributed by atoms with van der Waals surface area (Å²) in [6.45, 7) is 4.15. The van der Waals surface area contributed by atoms with E-state index < -0.39 is 21.6 Å². The largest absolute Gasteiger partial charge is 0.361 e. The van der Waals surface area contributed by atoms with Crippen LogP contribution in [0.25, 0.3) is 10.9 Å². The first-order valence-corrected chi connectivity index (χ1v) is 12.0. The van der Waals surface area contributed by atoms with Crippen LogP contribution >= 0.6 is 0 Å². The summed E-state index contributed by atoms with van der Waals surface area (Å²) < 4.78 is 43.2. The summed E-state index contributed by atoms with van der Waals surface area (Å²) in [5.41, 5.74) is 2.20. The number of hydrogen-bond acceptors (Lipinski definition) is 3. The molecular formula is C23H27FN4O2S. The van der Waals surface area contributed by atoms with E-state index in [2.05, 4.69) is 35.1 Å². The number of nitrogens with zero attached hydrogens (tertiary/aromatic N) is 3. The number of aromatic nitrogens is 1. The van der Waals surface area contributed by atoms with Crippen molar-refractivity contribution in [3.8, 4) is 0 Å². The standard InChI is InChI=1S/C23H27FN4O2S/c1-17-13-23(10-11-27(17)15-18-14-25-22-9-4-3-8-21(18)22)16-26(2)31(29,30)28(23)20-7-5-6-19(24)12-20/h3-9,12,14,17,25H,10-11,13,15-16H2,1-2H3/t17-,23+/m0/s1. The molecule has 2 aliphatic rings. The molecule has 1 spiro atoms. The molecule has 31 heavy (non-hydrogen) atoms. The van der Waals surface area contributed by atoms with E-state index in [0.29, 0.717) is 25.1 Å². The van der Waals surface area contributed by atoms with E-state index in [1.807, 2.05) is 12.1 Å². The number of piperidine rings is 1. The lowest BCUT2D eigenvalue weighted by Gasteiger charge is -2.47. The van der Waals surface area contributed by atoms with E-state index in [4.69, 9.17) is 0 Å². The Morgan fingerprint density at radius 3 is 2.77 bits per heavy atom. The molecule has 3 heterocycles. The number of fused-ring (bicyclic) bond motifs is 1. The molecule has 2 atom stereocenters. The number of H-pyrrole nitrogens is 1. The average Bonchev–Trinajstić information content (AvgIpc) is 3.20. The molecule has 164 valence electrons. The molecule has 0 amide bonds. The monoisotopic (exact) mass is 442 g/mol. The van der Waals surface area contributed by atoms with Crippen LogP contribution in [0.5, 0.6) is 0 Å². The van der Waals surface area contributed by atoms with Crippen molar-refractivity contribution in [2.24, 2.45) is 0 Å². The Bertz CT molecular complexity index is 1230. The molecule has 0 unspecified atom stereocenters. The third kappa shape index (κ3) is 3.33. The first-order valence-electron chi connectivity index (χ1n) is 10.6. The van der Waals surface area contributed by atoms with Crippen molar-refractivity contribution >= 4 is 26.8 Å². The van der Waals surface area contributed by atoms with E-state index >= 15 is 0 Å². The van der Waals surface area contributed by atoms with Crippen molar-refractivity contribution in [3.05, 3.63) is 66.1 Å². The number of likely N-dealkylation sites (tertiary alicyclic amines) is 1. The number of nitrogens with one attached hydrogen (secondary N) is 1. The molecule has 2 saturated heterocycles. The maximum atomic E-state index is 14.0. The molecule has 2 aliphatic heterocycles. The highest BCUT2D eigenvalue weighted by atomic mass is 32.2. The second-order valence-corrected chi connectivity index (χ2v) is 10.7. The summed E-state index contributed by atoms with van der Waals surface area (Å²) in [5, 5.41) is 1.22. The Morgan fingerprint density at radius 1 is 1.19 bits per heavy atom. The predicted molar refractivity (Wildman–Crippen MR) is 121 cm³/mol. The SMILES string of the molecule is C[C@H]1C[C@]2(CCN1Cc1c[nH]c3ccccc13)CN(C)S(=O)(=O)N2c1cccc(F)c1. The number of para-hydroxylation sites is 1. The second-order valence-electron chi connectivity index (χ2n) is 8.87. The number of aromatic amines is 1. The van der Waals surface area contributed by atoms with Crippen LogP contribution in [0.2, 0.25) is 0 Å². The second kappa shape index (κ2) is 7.32. The molecule has 2 aromatic carbocycles. The Balaban J connectivity index is 1.43. The van der Waals surface area contributed by atoms with Crippen LogP contribution in [0.15, 0.2) is 54.7 Å². The first-order chi connectivity index (χ1) is 14.8.